The van der Waals surface area contributed by atoms with Crippen molar-refractivity contribution >= 4 is 80.1 Å². The highest BCUT2D eigenvalue weighted by Gasteiger charge is 2.47. The first kappa shape index (κ1) is 32.2. The quantitative estimate of drug-likeness (QED) is 0.103. The highest BCUT2D eigenvalue weighted by Crippen LogP contribution is 2.52. The van der Waals surface area contributed by atoms with Gasteiger partial charge in [-0.3, -0.25) is 0 Å². The van der Waals surface area contributed by atoms with E-state index in [1.807, 2.05) is 0 Å². The number of para-hydroxylation sites is 2. The maximum atomic E-state index is 16.6. The molecule has 2 aliphatic heterocycles. The van der Waals surface area contributed by atoms with Crippen molar-refractivity contribution in [3.05, 3.63) is 181 Å². The van der Waals surface area contributed by atoms with Crippen LogP contribution in [0, 0.1) is 0 Å². The Morgan fingerprint density at radius 2 is 1.06 bits per heavy atom. The van der Waals surface area contributed by atoms with Crippen LogP contribution in [-0.4, -0.2) is 8.07 Å². The van der Waals surface area contributed by atoms with Crippen LogP contribution >= 0.6 is 7.14 Å². The molecule has 2 heterocycles. The molecule has 0 saturated heterocycles. The molecule has 1 unspecified atom stereocenters. The molecule has 1 atom stereocenters. The Morgan fingerprint density at radius 3 is 1.74 bits per heavy atom. The van der Waals surface area contributed by atoms with Gasteiger partial charge in [0.25, 0.3) is 0 Å². The third kappa shape index (κ3) is 4.54. The minimum atomic E-state index is -3.32. The lowest BCUT2D eigenvalue weighted by Crippen LogP contribution is -2.67. The zero-order valence-corrected chi connectivity index (χ0v) is 32.4. The smallest absolute Gasteiger partial charge is 0.172 e. The molecule has 0 fully saturated rings. The second-order valence-corrected chi connectivity index (χ2v) is 22.7. The van der Waals surface area contributed by atoms with E-state index in [1.54, 1.807) is 0 Å². The van der Waals surface area contributed by atoms with Crippen LogP contribution in [0.3, 0.4) is 0 Å². The highest BCUT2D eigenvalue weighted by atomic mass is 31.2. The van der Waals surface area contributed by atoms with Gasteiger partial charge in [0, 0.05) is 27.0 Å². The molecular formula is C49H40NOPSi. The Hall–Kier alpha value is -5.47. The molecule has 2 nitrogen and oxygen atoms in total. The van der Waals surface area contributed by atoms with E-state index in [9.17, 15) is 0 Å². The first-order chi connectivity index (χ1) is 25.7. The van der Waals surface area contributed by atoms with Crippen LogP contribution in [0.25, 0.3) is 32.7 Å². The average Bonchev–Trinajstić information content (AvgIpc) is 3.19. The van der Waals surface area contributed by atoms with E-state index in [0.717, 1.165) is 54.3 Å². The maximum Gasteiger partial charge on any atom is 0.172 e. The van der Waals surface area contributed by atoms with Crippen molar-refractivity contribution in [2.45, 2.75) is 32.4 Å². The normalized spacial score (nSPS) is 17.8. The van der Waals surface area contributed by atoms with Gasteiger partial charge in [-0.2, -0.15) is 0 Å². The van der Waals surface area contributed by atoms with Crippen LogP contribution in [-0.2, 0) is 9.98 Å². The Balaban J connectivity index is 1.19. The van der Waals surface area contributed by atoms with E-state index in [1.165, 1.54) is 32.9 Å². The monoisotopic (exact) mass is 717 g/mol. The van der Waals surface area contributed by atoms with E-state index in [0.29, 0.717) is 0 Å². The molecular weight excluding hydrogens is 678 g/mol. The molecule has 4 heteroatoms. The number of anilines is 3. The fourth-order valence-corrected chi connectivity index (χ4v) is 18.0. The van der Waals surface area contributed by atoms with Gasteiger partial charge in [0.15, 0.2) is 7.14 Å². The van der Waals surface area contributed by atoms with E-state index in [-0.39, 0.29) is 5.41 Å². The van der Waals surface area contributed by atoms with E-state index in [4.69, 9.17) is 0 Å². The summed E-state index contributed by atoms with van der Waals surface area (Å²) < 4.78 is 16.6. The van der Waals surface area contributed by atoms with Crippen LogP contribution in [0.4, 0.5) is 17.1 Å². The average molecular weight is 718 g/mol. The van der Waals surface area contributed by atoms with Gasteiger partial charge in [-0.15, -0.1) is 0 Å². The zero-order valence-electron chi connectivity index (χ0n) is 30.5. The Kier molecular flexibility index (Phi) is 6.99. The lowest BCUT2D eigenvalue weighted by atomic mass is 9.73. The number of benzene rings is 8. The summed E-state index contributed by atoms with van der Waals surface area (Å²) in [5, 5.41) is 9.87. The molecule has 8 aromatic carbocycles. The zero-order chi connectivity index (χ0) is 36.1. The van der Waals surface area contributed by atoms with Crippen LogP contribution in [0.5, 0.6) is 0 Å². The summed E-state index contributed by atoms with van der Waals surface area (Å²) in [5.74, 6) is 0. The molecule has 0 amide bonds. The van der Waals surface area contributed by atoms with Crippen molar-refractivity contribution in [1.29, 1.82) is 0 Å². The summed E-state index contributed by atoms with van der Waals surface area (Å²) in [6, 6.07) is 61.2. The molecule has 0 bridgehead atoms. The van der Waals surface area contributed by atoms with Crippen molar-refractivity contribution in [1.82, 2.24) is 0 Å². The van der Waals surface area contributed by atoms with E-state index < -0.39 is 15.2 Å². The predicted octanol–water partition coefficient (Wildman–Crippen LogP) is 10.5. The fraction of sp³-hybridized carbons (Fsp3) is 0.102. The Bertz CT molecular complexity index is 2750. The van der Waals surface area contributed by atoms with Crippen molar-refractivity contribution in [2.24, 2.45) is 0 Å². The topological polar surface area (TPSA) is 20.3 Å². The molecule has 53 heavy (non-hydrogen) atoms. The fourth-order valence-electron chi connectivity index (χ4n) is 9.38. The number of rotatable bonds is 3. The molecule has 0 aliphatic carbocycles. The summed E-state index contributed by atoms with van der Waals surface area (Å²) in [6.45, 7) is 9.52. The molecule has 0 radical (unpaired) electrons. The van der Waals surface area contributed by atoms with Crippen molar-refractivity contribution < 1.29 is 4.57 Å². The third-order valence-electron chi connectivity index (χ3n) is 12.1. The maximum absolute atomic E-state index is 16.6. The van der Waals surface area contributed by atoms with Gasteiger partial charge in [-0.05, 0) is 84.5 Å². The minimum Gasteiger partial charge on any atom is -0.310 e. The molecule has 0 N–H and O–H groups in total. The standard InChI is InChI=1S/C49H40NOPSi/c1-49(2)40-22-9-11-24-42(40)50(43-25-12-10-23-41(43)49)37-19-15-18-33(31-37)34-28-29-45-47(32-34)53(3,4)46-27-14-13-26-44(46)52(45,51)48-38-20-7-5-16-35(38)30-36-17-6-8-21-39(36)48/h5-32H,1-4H3. The van der Waals surface area contributed by atoms with Crippen LogP contribution in [0.2, 0.25) is 13.1 Å². The molecule has 0 spiro atoms. The largest absolute Gasteiger partial charge is 0.310 e. The summed E-state index contributed by atoms with van der Waals surface area (Å²) in [7, 11) is -5.61. The molecule has 2 aliphatic rings. The lowest BCUT2D eigenvalue weighted by molar-refractivity contribution is 0.593. The summed E-state index contributed by atoms with van der Waals surface area (Å²) >= 11 is 0. The van der Waals surface area contributed by atoms with Gasteiger partial charge in [0.2, 0.25) is 0 Å². The molecule has 256 valence electrons. The van der Waals surface area contributed by atoms with Gasteiger partial charge in [-0.1, -0.05) is 166 Å². The first-order valence-corrected chi connectivity index (χ1v) is 23.3. The highest BCUT2D eigenvalue weighted by molar-refractivity contribution is 7.87. The third-order valence-corrected chi connectivity index (χ3v) is 19.3. The minimum absolute atomic E-state index is 0.115. The molecule has 10 rings (SSSR count). The van der Waals surface area contributed by atoms with E-state index in [2.05, 4.69) is 202 Å². The number of nitrogens with zero attached hydrogens (tertiary/aromatic N) is 1. The van der Waals surface area contributed by atoms with E-state index >= 15 is 4.57 Å². The summed E-state index contributed by atoms with van der Waals surface area (Å²) in [4.78, 5) is 2.42. The number of fused-ring (bicyclic) bond motifs is 6. The molecule has 8 aromatic rings. The van der Waals surface area contributed by atoms with Crippen molar-refractivity contribution in [3.63, 3.8) is 0 Å². The first-order valence-electron chi connectivity index (χ1n) is 18.5. The SMILES string of the molecule is CC1(C)c2ccccc2N(c2cccc(-c3ccc4c(c3)[Si](C)(C)c3ccccc3P4(=O)c3c4ccccc4cc4ccccc34)c2)c2ccccc21. The van der Waals surface area contributed by atoms with Crippen LogP contribution in [0.15, 0.2) is 170 Å². The summed E-state index contributed by atoms with van der Waals surface area (Å²) in [5.41, 5.74) is 8.39. The Labute approximate surface area is 312 Å². The lowest BCUT2D eigenvalue weighted by Gasteiger charge is -2.42. The van der Waals surface area contributed by atoms with Gasteiger partial charge in [0.05, 0.1) is 11.4 Å². The number of hydrogen-bond donors (Lipinski definition) is 0. The van der Waals surface area contributed by atoms with Crippen molar-refractivity contribution in [3.8, 4) is 11.1 Å². The molecule has 0 aromatic heterocycles. The second-order valence-electron chi connectivity index (χ2n) is 15.7. The van der Waals surface area contributed by atoms with Crippen LogP contribution < -0.4 is 31.2 Å². The summed E-state index contributed by atoms with van der Waals surface area (Å²) in [6.07, 6.45) is 0. The predicted molar refractivity (Wildman–Crippen MR) is 230 cm³/mol. The van der Waals surface area contributed by atoms with Gasteiger partial charge in [0.1, 0.15) is 8.07 Å². The van der Waals surface area contributed by atoms with Crippen molar-refractivity contribution in [2.75, 3.05) is 4.90 Å². The van der Waals surface area contributed by atoms with Gasteiger partial charge < -0.3 is 9.46 Å². The van der Waals surface area contributed by atoms with Gasteiger partial charge in [-0.25, -0.2) is 0 Å². The number of hydrogen-bond acceptors (Lipinski definition) is 2. The van der Waals surface area contributed by atoms with Gasteiger partial charge >= 0.3 is 0 Å². The second kappa shape index (κ2) is 11.5. The van der Waals surface area contributed by atoms with Crippen LogP contribution in [0.1, 0.15) is 25.0 Å². The Morgan fingerprint density at radius 1 is 0.509 bits per heavy atom. The molecule has 0 saturated carbocycles.